The highest BCUT2D eigenvalue weighted by atomic mass is 16.1. The summed E-state index contributed by atoms with van der Waals surface area (Å²) in [6.07, 6.45) is 6.21. The van der Waals surface area contributed by atoms with E-state index in [1.807, 2.05) is 6.92 Å². The fourth-order valence-corrected chi connectivity index (χ4v) is 1.59. The van der Waals surface area contributed by atoms with Gasteiger partial charge in [-0.1, -0.05) is 19.8 Å². The van der Waals surface area contributed by atoms with Crippen molar-refractivity contribution in [1.82, 2.24) is 0 Å². The van der Waals surface area contributed by atoms with E-state index >= 15 is 0 Å². The van der Waals surface area contributed by atoms with Gasteiger partial charge in [-0.25, -0.2) is 4.79 Å². The van der Waals surface area contributed by atoms with E-state index in [4.69, 9.17) is 0 Å². The Morgan fingerprint density at radius 2 is 2.27 bits per heavy atom. The zero-order chi connectivity index (χ0) is 8.32. The predicted octanol–water partition coefficient (Wildman–Crippen LogP) is 2.25. The number of hydrogen-bond donors (Lipinski definition) is 0. The maximum atomic E-state index is 10.1. The molecule has 1 saturated carbocycles. The number of nitrogens with zero attached hydrogens (tertiary/aromatic N) is 1. The Balaban J connectivity index is 2.72. The van der Waals surface area contributed by atoms with Crippen LogP contribution >= 0.6 is 0 Å². The van der Waals surface area contributed by atoms with E-state index < -0.39 is 0 Å². The Hall–Kier alpha value is -0.620. The predicted molar refractivity (Wildman–Crippen MR) is 43.9 cm³/mol. The van der Waals surface area contributed by atoms with Gasteiger partial charge in [0.15, 0.2) is 0 Å². The first kappa shape index (κ1) is 8.48. The van der Waals surface area contributed by atoms with Gasteiger partial charge in [0.05, 0.1) is 5.54 Å². The van der Waals surface area contributed by atoms with Crippen LogP contribution in [-0.2, 0) is 4.79 Å². The molecule has 1 fully saturated rings. The summed E-state index contributed by atoms with van der Waals surface area (Å²) in [5.41, 5.74) is -0.194. The smallest absolute Gasteiger partial charge is 0.211 e. The average Bonchev–Trinajstić information content (AvgIpc) is 1.96. The van der Waals surface area contributed by atoms with E-state index in [1.165, 1.54) is 18.8 Å². The van der Waals surface area contributed by atoms with Crippen LogP contribution in [0.25, 0.3) is 0 Å². The molecule has 1 aliphatic carbocycles. The van der Waals surface area contributed by atoms with Crippen LogP contribution in [0.1, 0.15) is 39.5 Å². The fourth-order valence-electron chi connectivity index (χ4n) is 1.59. The third-order valence-corrected chi connectivity index (χ3v) is 2.68. The molecule has 2 nitrogen and oxygen atoms in total. The highest BCUT2D eigenvalue weighted by Crippen LogP contribution is 2.37. The lowest BCUT2D eigenvalue weighted by Crippen LogP contribution is -2.32. The van der Waals surface area contributed by atoms with Gasteiger partial charge in [0.2, 0.25) is 6.08 Å². The van der Waals surface area contributed by atoms with Crippen molar-refractivity contribution in [2.24, 2.45) is 4.99 Å². The highest BCUT2D eigenvalue weighted by Gasteiger charge is 2.33. The molecule has 0 aromatic carbocycles. The molecule has 1 rings (SSSR count). The normalized spacial score (nSPS) is 32.9. The number of rotatable bonds is 1. The fraction of sp³-hybridized carbons (Fsp3) is 0.778. The van der Waals surface area contributed by atoms with Crippen molar-refractivity contribution >= 4 is 6.08 Å². The van der Waals surface area contributed by atoms with E-state index in [-0.39, 0.29) is 5.54 Å². The van der Waals surface area contributed by atoms with Gasteiger partial charge in [-0.3, -0.25) is 0 Å². The van der Waals surface area contributed by atoms with Crippen LogP contribution in [0.3, 0.4) is 0 Å². The summed E-state index contributed by atoms with van der Waals surface area (Å²) in [4.78, 5) is 14.0. The Morgan fingerprint density at radius 3 is 2.82 bits per heavy atom. The van der Waals surface area contributed by atoms with E-state index in [9.17, 15) is 4.79 Å². The molecule has 1 unspecified atom stereocenters. The third kappa shape index (κ3) is 1.69. The van der Waals surface area contributed by atoms with Gasteiger partial charge in [0, 0.05) is 5.92 Å². The molecule has 0 aromatic heterocycles. The zero-order valence-corrected chi connectivity index (χ0v) is 7.18. The Kier molecular flexibility index (Phi) is 2.45. The summed E-state index contributed by atoms with van der Waals surface area (Å²) in [7, 11) is 0. The molecule has 0 aromatic rings. The number of aliphatic imine (C=N–C) groups is 1. The second-order valence-corrected chi connectivity index (χ2v) is 3.46. The minimum absolute atomic E-state index is 0.194. The van der Waals surface area contributed by atoms with Crippen LogP contribution in [0, 0.1) is 5.92 Å². The second kappa shape index (κ2) is 3.19. The van der Waals surface area contributed by atoms with Crippen LogP contribution in [0.2, 0.25) is 0 Å². The van der Waals surface area contributed by atoms with E-state index in [0.717, 1.165) is 12.8 Å². The SMILES string of the molecule is C[C]1CCCCC1(C)N=C=O. The quantitative estimate of drug-likeness (QED) is 0.418. The molecular formula is C9H14NO. The molecule has 0 heterocycles. The standard InChI is InChI=1S/C9H14NO/c1-8-5-3-4-6-9(8,2)10-7-11/h3-6H2,1-2H3. The summed E-state index contributed by atoms with van der Waals surface area (Å²) in [5.74, 6) is 1.33. The van der Waals surface area contributed by atoms with Crippen molar-refractivity contribution in [3.05, 3.63) is 5.92 Å². The van der Waals surface area contributed by atoms with E-state index in [0.29, 0.717) is 0 Å². The molecule has 1 atom stereocenters. The highest BCUT2D eigenvalue weighted by molar-refractivity contribution is 5.36. The molecule has 0 N–H and O–H groups in total. The van der Waals surface area contributed by atoms with Crippen LogP contribution in [0.4, 0.5) is 0 Å². The largest absolute Gasteiger partial charge is 0.235 e. The average molecular weight is 152 g/mol. The van der Waals surface area contributed by atoms with Gasteiger partial charge in [0.1, 0.15) is 0 Å². The summed E-state index contributed by atoms with van der Waals surface area (Å²) in [6, 6.07) is 0. The molecule has 2 heteroatoms. The molecule has 0 bridgehead atoms. The second-order valence-electron chi connectivity index (χ2n) is 3.46. The molecular weight excluding hydrogens is 138 g/mol. The Morgan fingerprint density at radius 1 is 1.55 bits per heavy atom. The monoisotopic (exact) mass is 152 g/mol. The van der Waals surface area contributed by atoms with E-state index in [2.05, 4.69) is 11.9 Å². The maximum Gasteiger partial charge on any atom is 0.235 e. The lowest BCUT2D eigenvalue weighted by molar-refractivity contribution is 0.360. The van der Waals surface area contributed by atoms with Crippen molar-refractivity contribution in [3.63, 3.8) is 0 Å². The number of hydrogen-bond acceptors (Lipinski definition) is 2. The van der Waals surface area contributed by atoms with Crippen molar-refractivity contribution in [3.8, 4) is 0 Å². The summed E-state index contributed by atoms with van der Waals surface area (Å²) in [5, 5.41) is 0. The first-order valence-corrected chi connectivity index (χ1v) is 4.11. The Bertz CT molecular complexity index is 184. The van der Waals surface area contributed by atoms with Crippen LogP contribution < -0.4 is 0 Å². The molecule has 1 aliphatic rings. The van der Waals surface area contributed by atoms with Gasteiger partial charge in [-0.2, -0.15) is 4.99 Å². The molecule has 1 radical (unpaired) electrons. The molecule has 61 valence electrons. The van der Waals surface area contributed by atoms with Crippen molar-refractivity contribution in [1.29, 1.82) is 0 Å². The third-order valence-electron chi connectivity index (χ3n) is 2.68. The van der Waals surface area contributed by atoms with Gasteiger partial charge in [0.25, 0.3) is 0 Å². The van der Waals surface area contributed by atoms with E-state index in [1.54, 1.807) is 6.08 Å². The van der Waals surface area contributed by atoms with Gasteiger partial charge in [-0.15, -0.1) is 0 Å². The zero-order valence-electron chi connectivity index (χ0n) is 7.18. The summed E-state index contributed by atoms with van der Waals surface area (Å²) in [6.45, 7) is 4.10. The number of carbonyl (C=O) groups excluding carboxylic acids is 1. The summed E-state index contributed by atoms with van der Waals surface area (Å²) >= 11 is 0. The first-order valence-electron chi connectivity index (χ1n) is 4.11. The van der Waals surface area contributed by atoms with Crippen molar-refractivity contribution < 1.29 is 4.79 Å². The number of isocyanates is 1. The molecule has 11 heavy (non-hydrogen) atoms. The topological polar surface area (TPSA) is 29.4 Å². The van der Waals surface area contributed by atoms with Crippen LogP contribution in [0.5, 0.6) is 0 Å². The van der Waals surface area contributed by atoms with Crippen molar-refractivity contribution in [2.75, 3.05) is 0 Å². The summed E-state index contributed by atoms with van der Waals surface area (Å²) < 4.78 is 0. The molecule has 0 saturated heterocycles. The first-order chi connectivity index (χ1) is 5.19. The van der Waals surface area contributed by atoms with Crippen LogP contribution in [0.15, 0.2) is 4.99 Å². The molecule has 0 aliphatic heterocycles. The Labute approximate surface area is 67.7 Å². The van der Waals surface area contributed by atoms with Crippen molar-refractivity contribution in [2.45, 2.75) is 45.1 Å². The lowest BCUT2D eigenvalue weighted by Gasteiger charge is -2.34. The molecule has 0 spiro atoms. The van der Waals surface area contributed by atoms with Crippen LogP contribution in [-0.4, -0.2) is 11.6 Å². The minimum atomic E-state index is -0.194. The maximum absolute atomic E-state index is 10.1. The van der Waals surface area contributed by atoms with Gasteiger partial charge < -0.3 is 0 Å². The van der Waals surface area contributed by atoms with Gasteiger partial charge >= 0.3 is 0 Å². The minimum Gasteiger partial charge on any atom is -0.211 e. The lowest BCUT2D eigenvalue weighted by atomic mass is 9.75. The van der Waals surface area contributed by atoms with Gasteiger partial charge in [-0.05, 0) is 19.8 Å². The molecule has 0 amide bonds.